The van der Waals surface area contributed by atoms with E-state index in [-0.39, 0.29) is 41.6 Å². The highest BCUT2D eigenvalue weighted by atomic mass is 127. The number of likely N-dealkylation sites (tertiary alicyclic amines) is 1. The van der Waals surface area contributed by atoms with Crippen molar-refractivity contribution in [3.05, 3.63) is 59.7 Å². The van der Waals surface area contributed by atoms with E-state index in [1.165, 1.54) is 12.7 Å². The lowest BCUT2D eigenvalue weighted by molar-refractivity contribution is -0.127. The number of aromatic hydroxyl groups is 1. The number of rotatable bonds is 9. The molecule has 3 rings (SSSR count). The Morgan fingerprint density at radius 1 is 1.19 bits per heavy atom. The monoisotopic (exact) mass is 552 g/mol. The molecule has 0 spiro atoms. The summed E-state index contributed by atoms with van der Waals surface area (Å²) < 4.78 is 5.08. The van der Waals surface area contributed by atoms with Gasteiger partial charge in [0.15, 0.2) is 17.5 Å². The highest BCUT2D eigenvalue weighted by molar-refractivity contribution is 14.0. The predicted molar refractivity (Wildman–Crippen MR) is 138 cm³/mol. The highest BCUT2D eigenvalue weighted by Crippen LogP contribution is 2.26. The normalized spacial score (nSPS) is 15.9. The zero-order valence-electron chi connectivity index (χ0n) is 18.7. The van der Waals surface area contributed by atoms with E-state index in [2.05, 4.69) is 27.8 Å². The average molecular weight is 552 g/mol. The molecular formula is C24H33IN4O3. The Morgan fingerprint density at radius 3 is 2.66 bits per heavy atom. The number of amides is 1. The molecule has 1 amide bonds. The number of nitrogens with one attached hydrogen (secondary N) is 2. The second-order valence-corrected chi connectivity index (χ2v) is 7.73. The lowest BCUT2D eigenvalue weighted by Crippen LogP contribution is -2.40. The van der Waals surface area contributed by atoms with Gasteiger partial charge in [-0.3, -0.25) is 4.79 Å². The molecule has 8 heteroatoms. The molecule has 0 bridgehead atoms. The number of hydrogen-bond acceptors (Lipinski definition) is 4. The first-order chi connectivity index (χ1) is 15.1. The fourth-order valence-corrected chi connectivity index (χ4v) is 3.70. The first-order valence-electron chi connectivity index (χ1n) is 10.8. The van der Waals surface area contributed by atoms with Crippen LogP contribution in [0.3, 0.4) is 0 Å². The van der Waals surface area contributed by atoms with Crippen molar-refractivity contribution >= 4 is 35.8 Å². The maximum atomic E-state index is 12.4. The first kappa shape index (κ1) is 25.8. The molecule has 174 valence electrons. The summed E-state index contributed by atoms with van der Waals surface area (Å²) in [5.41, 5.74) is 2.14. The Bertz CT molecular complexity index is 892. The van der Waals surface area contributed by atoms with Gasteiger partial charge in [-0.2, -0.15) is 0 Å². The van der Waals surface area contributed by atoms with Crippen molar-refractivity contribution in [3.63, 3.8) is 0 Å². The molecule has 1 atom stereocenters. The smallest absolute Gasteiger partial charge is 0.223 e. The number of carbonyl (C=O) groups excluding carboxylic acids is 1. The van der Waals surface area contributed by atoms with Crippen molar-refractivity contribution in [2.75, 3.05) is 33.3 Å². The number of hydrogen-bond donors (Lipinski definition) is 3. The molecule has 0 radical (unpaired) electrons. The Kier molecular flexibility index (Phi) is 10.6. The van der Waals surface area contributed by atoms with Crippen LogP contribution in [0.25, 0.3) is 0 Å². The molecule has 2 aromatic carbocycles. The van der Waals surface area contributed by atoms with Crippen LogP contribution in [0.5, 0.6) is 11.5 Å². The molecule has 1 unspecified atom stereocenters. The van der Waals surface area contributed by atoms with E-state index in [1.807, 2.05) is 36.1 Å². The Labute approximate surface area is 207 Å². The van der Waals surface area contributed by atoms with E-state index in [4.69, 9.17) is 4.74 Å². The molecule has 1 aliphatic heterocycles. The minimum absolute atomic E-state index is 0. The van der Waals surface area contributed by atoms with Gasteiger partial charge >= 0.3 is 0 Å². The summed E-state index contributed by atoms with van der Waals surface area (Å²) in [4.78, 5) is 19.0. The molecule has 0 aliphatic carbocycles. The zero-order valence-corrected chi connectivity index (χ0v) is 21.0. The zero-order chi connectivity index (χ0) is 22.1. The van der Waals surface area contributed by atoms with Crippen molar-refractivity contribution in [1.82, 2.24) is 15.5 Å². The molecule has 0 saturated carbocycles. The highest BCUT2D eigenvalue weighted by Gasteiger charge is 2.29. The third-order valence-corrected chi connectivity index (χ3v) is 5.37. The van der Waals surface area contributed by atoms with E-state index in [0.717, 1.165) is 31.6 Å². The van der Waals surface area contributed by atoms with Gasteiger partial charge in [0.2, 0.25) is 5.91 Å². The van der Waals surface area contributed by atoms with Crippen LogP contribution in [0.15, 0.2) is 53.5 Å². The second-order valence-electron chi connectivity index (χ2n) is 7.73. The van der Waals surface area contributed by atoms with Crippen LogP contribution in [0.4, 0.5) is 0 Å². The minimum atomic E-state index is 0. The van der Waals surface area contributed by atoms with Crippen LogP contribution in [0, 0.1) is 5.92 Å². The number of nitrogens with zero attached hydrogens (tertiary/aromatic N) is 2. The first-order valence-corrected chi connectivity index (χ1v) is 10.8. The number of halogens is 1. The van der Waals surface area contributed by atoms with E-state index in [1.54, 1.807) is 12.1 Å². The molecule has 2 aromatic rings. The molecule has 1 fully saturated rings. The van der Waals surface area contributed by atoms with E-state index in [0.29, 0.717) is 31.2 Å². The molecule has 7 nitrogen and oxygen atoms in total. The van der Waals surface area contributed by atoms with Crippen LogP contribution in [-0.2, 0) is 17.8 Å². The molecule has 1 aliphatic rings. The number of carbonyl (C=O) groups is 1. The number of phenols is 1. The van der Waals surface area contributed by atoms with Crippen molar-refractivity contribution in [3.8, 4) is 11.5 Å². The largest absolute Gasteiger partial charge is 0.504 e. The second kappa shape index (κ2) is 13.1. The van der Waals surface area contributed by atoms with Gasteiger partial charge in [0.05, 0.1) is 13.7 Å². The fraction of sp³-hybridized carbons (Fsp3) is 0.417. The quantitative estimate of drug-likeness (QED) is 0.253. The molecule has 1 heterocycles. The Hall–Kier alpha value is -2.49. The minimum Gasteiger partial charge on any atom is -0.504 e. The van der Waals surface area contributed by atoms with Gasteiger partial charge in [0.1, 0.15) is 0 Å². The molecule has 0 aromatic heterocycles. The third kappa shape index (κ3) is 7.58. The molecule has 32 heavy (non-hydrogen) atoms. The van der Waals surface area contributed by atoms with Gasteiger partial charge in [0.25, 0.3) is 0 Å². The van der Waals surface area contributed by atoms with E-state index < -0.39 is 0 Å². The number of guanidine groups is 1. The maximum absolute atomic E-state index is 12.4. The number of benzene rings is 2. The van der Waals surface area contributed by atoms with Gasteiger partial charge < -0.3 is 25.4 Å². The third-order valence-electron chi connectivity index (χ3n) is 5.37. The van der Waals surface area contributed by atoms with Crippen LogP contribution in [0.2, 0.25) is 0 Å². The van der Waals surface area contributed by atoms with E-state index >= 15 is 0 Å². The SMILES string of the molecule is CCNC(=NCc1ccc(OC)c(O)c1)NCC1CC(=O)N(CCc2ccccc2)C1.I. The fourth-order valence-electron chi connectivity index (χ4n) is 3.70. The summed E-state index contributed by atoms with van der Waals surface area (Å²) in [7, 11) is 1.52. The van der Waals surface area contributed by atoms with Crippen LogP contribution in [0.1, 0.15) is 24.5 Å². The number of methoxy groups -OCH3 is 1. The predicted octanol–water partition coefficient (Wildman–Crippen LogP) is 3.17. The number of phenolic OH excluding ortho intramolecular Hbond substituents is 1. The summed E-state index contributed by atoms with van der Waals surface area (Å²) in [5.74, 6) is 1.73. The van der Waals surface area contributed by atoms with Crippen LogP contribution in [-0.4, -0.2) is 55.2 Å². The molecule has 1 saturated heterocycles. The summed E-state index contributed by atoms with van der Waals surface area (Å²) in [6, 6.07) is 15.5. The van der Waals surface area contributed by atoms with Gasteiger partial charge in [0, 0.05) is 38.5 Å². The van der Waals surface area contributed by atoms with Crippen molar-refractivity contribution in [1.29, 1.82) is 0 Å². The van der Waals surface area contributed by atoms with Crippen molar-refractivity contribution in [2.45, 2.75) is 26.3 Å². The van der Waals surface area contributed by atoms with Crippen LogP contribution >= 0.6 is 24.0 Å². The van der Waals surface area contributed by atoms with Gasteiger partial charge in [-0.25, -0.2) is 4.99 Å². The van der Waals surface area contributed by atoms with Crippen LogP contribution < -0.4 is 15.4 Å². The molecule has 3 N–H and O–H groups in total. The lowest BCUT2D eigenvalue weighted by atomic mass is 10.1. The summed E-state index contributed by atoms with van der Waals surface area (Å²) in [6.07, 6.45) is 1.44. The van der Waals surface area contributed by atoms with Gasteiger partial charge in [-0.15, -0.1) is 24.0 Å². The summed E-state index contributed by atoms with van der Waals surface area (Å²) in [5, 5.41) is 16.5. The van der Waals surface area contributed by atoms with Crippen molar-refractivity contribution in [2.24, 2.45) is 10.9 Å². The summed E-state index contributed by atoms with van der Waals surface area (Å²) >= 11 is 0. The lowest BCUT2D eigenvalue weighted by Gasteiger charge is -2.18. The number of aliphatic imine (C=N–C) groups is 1. The topological polar surface area (TPSA) is 86.2 Å². The molecular weight excluding hydrogens is 519 g/mol. The summed E-state index contributed by atoms with van der Waals surface area (Å²) in [6.45, 7) is 5.40. The Balaban J connectivity index is 0.00000363. The van der Waals surface area contributed by atoms with Gasteiger partial charge in [-0.05, 0) is 36.6 Å². The standard InChI is InChI=1S/C24H32N4O3.HI/c1-3-25-24(26-15-19-9-10-22(31-2)21(29)13-19)27-16-20-14-23(30)28(17-20)12-11-18-7-5-4-6-8-18;/h4-10,13,20,29H,3,11-12,14-17H2,1-2H3,(H2,25,26,27);1H. The Morgan fingerprint density at radius 2 is 1.97 bits per heavy atom. The van der Waals surface area contributed by atoms with E-state index in [9.17, 15) is 9.90 Å². The number of ether oxygens (including phenoxy) is 1. The van der Waals surface area contributed by atoms with Gasteiger partial charge in [-0.1, -0.05) is 36.4 Å². The van der Waals surface area contributed by atoms with Crippen molar-refractivity contribution < 1.29 is 14.6 Å². The maximum Gasteiger partial charge on any atom is 0.223 e. The average Bonchev–Trinajstić information content (AvgIpc) is 3.14.